The van der Waals surface area contributed by atoms with E-state index in [2.05, 4.69) is 10.3 Å². The highest BCUT2D eigenvalue weighted by atomic mass is 16.4. The van der Waals surface area contributed by atoms with E-state index in [0.717, 1.165) is 24.1 Å². The summed E-state index contributed by atoms with van der Waals surface area (Å²) in [6.45, 7) is 4.19. The molecule has 1 fully saturated rings. The molecule has 1 atom stereocenters. The average Bonchev–Trinajstić information content (AvgIpc) is 2.95. The largest absolute Gasteiger partial charge is 0.480 e. The zero-order valence-corrected chi connectivity index (χ0v) is 13.8. The Kier molecular flexibility index (Phi) is 4.33. The smallest absolute Gasteiger partial charge is 0.326 e. The van der Waals surface area contributed by atoms with Gasteiger partial charge in [0.15, 0.2) is 5.69 Å². The average molecular weight is 328 g/mol. The Hall–Kier alpha value is -2.70. The quantitative estimate of drug-likeness (QED) is 0.930. The molecule has 7 heteroatoms. The monoisotopic (exact) mass is 328 g/mol. The molecule has 0 radical (unpaired) electrons. The minimum atomic E-state index is -0.966. The lowest BCUT2D eigenvalue weighted by atomic mass is 10.0. The number of hydrogen-bond acceptors (Lipinski definition) is 4. The first-order chi connectivity index (χ1) is 11.5. The van der Waals surface area contributed by atoms with Gasteiger partial charge in [-0.25, -0.2) is 9.48 Å². The molecule has 1 aliphatic heterocycles. The van der Waals surface area contributed by atoms with Gasteiger partial charge in [0.05, 0.1) is 11.4 Å². The third-order valence-corrected chi connectivity index (χ3v) is 4.39. The standard InChI is InChI=1S/C17H20N4O3/c1-11-6-5-7-13(10-11)21-12(2)15(18-19-21)16(22)20-9-4-3-8-14(20)17(23)24/h5-7,10,14H,3-4,8-9H2,1-2H3,(H,23,24)/t14-/m1/s1. The molecule has 1 aliphatic rings. The Labute approximate surface area is 139 Å². The van der Waals surface area contributed by atoms with Crippen LogP contribution in [0, 0.1) is 13.8 Å². The van der Waals surface area contributed by atoms with Crippen LogP contribution in [0.5, 0.6) is 0 Å². The summed E-state index contributed by atoms with van der Waals surface area (Å²) in [5.74, 6) is -1.33. The lowest BCUT2D eigenvalue weighted by Gasteiger charge is -2.32. The molecule has 1 N–H and O–H groups in total. The van der Waals surface area contributed by atoms with E-state index in [-0.39, 0.29) is 11.6 Å². The maximum atomic E-state index is 12.8. The second-order valence-corrected chi connectivity index (χ2v) is 6.12. The van der Waals surface area contributed by atoms with Crippen LogP contribution in [0.1, 0.15) is 41.0 Å². The summed E-state index contributed by atoms with van der Waals surface area (Å²) in [6, 6.07) is 6.96. The van der Waals surface area contributed by atoms with Crippen molar-refractivity contribution < 1.29 is 14.7 Å². The van der Waals surface area contributed by atoms with Crippen LogP contribution in [0.25, 0.3) is 5.69 Å². The van der Waals surface area contributed by atoms with Crippen molar-refractivity contribution in [3.63, 3.8) is 0 Å². The van der Waals surface area contributed by atoms with Crippen LogP contribution in [0.4, 0.5) is 0 Å². The van der Waals surface area contributed by atoms with Gasteiger partial charge in [0.2, 0.25) is 0 Å². The Morgan fingerprint density at radius 2 is 2.04 bits per heavy atom. The Balaban J connectivity index is 1.92. The zero-order valence-electron chi connectivity index (χ0n) is 13.8. The molecule has 2 aromatic rings. The van der Waals surface area contributed by atoms with Crippen LogP contribution in [-0.4, -0.2) is 49.5 Å². The van der Waals surface area contributed by atoms with Gasteiger partial charge in [-0.1, -0.05) is 17.3 Å². The first-order valence-corrected chi connectivity index (χ1v) is 8.02. The van der Waals surface area contributed by atoms with E-state index in [1.54, 1.807) is 11.6 Å². The van der Waals surface area contributed by atoms with Gasteiger partial charge in [-0.3, -0.25) is 4.79 Å². The molecule has 0 aliphatic carbocycles. The number of benzene rings is 1. The fourth-order valence-corrected chi connectivity index (χ4v) is 3.10. The number of rotatable bonds is 3. The second-order valence-electron chi connectivity index (χ2n) is 6.12. The normalized spacial score (nSPS) is 17.8. The van der Waals surface area contributed by atoms with Crippen molar-refractivity contribution in [2.75, 3.05) is 6.54 Å². The third-order valence-electron chi connectivity index (χ3n) is 4.39. The number of hydrogen-bond donors (Lipinski definition) is 1. The summed E-state index contributed by atoms with van der Waals surface area (Å²) in [7, 11) is 0. The Morgan fingerprint density at radius 3 is 2.75 bits per heavy atom. The van der Waals surface area contributed by atoms with Gasteiger partial charge in [0.25, 0.3) is 5.91 Å². The molecule has 0 spiro atoms. The molecule has 2 heterocycles. The van der Waals surface area contributed by atoms with Gasteiger partial charge in [0.1, 0.15) is 6.04 Å². The molecule has 24 heavy (non-hydrogen) atoms. The molecule has 0 saturated carbocycles. The van der Waals surface area contributed by atoms with Crippen molar-refractivity contribution >= 4 is 11.9 Å². The van der Waals surface area contributed by atoms with E-state index in [0.29, 0.717) is 18.7 Å². The predicted molar refractivity (Wildman–Crippen MR) is 87.1 cm³/mol. The van der Waals surface area contributed by atoms with Gasteiger partial charge in [-0.15, -0.1) is 5.10 Å². The molecule has 0 unspecified atom stereocenters. The summed E-state index contributed by atoms with van der Waals surface area (Å²) in [5, 5.41) is 17.5. The maximum Gasteiger partial charge on any atom is 0.326 e. The number of carboxylic acid groups (broad SMARTS) is 1. The van der Waals surface area contributed by atoms with E-state index >= 15 is 0 Å². The fraction of sp³-hybridized carbons (Fsp3) is 0.412. The van der Waals surface area contributed by atoms with E-state index < -0.39 is 12.0 Å². The van der Waals surface area contributed by atoms with Gasteiger partial charge in [0, 0.05) is 6.54 Å². The minimum absolute atomic E-state index is 0.213. The Morgan fingerprint density at radius 1 is 1.25 bits per heavy atom. The number of aromatic nitrogens is 3. The topological polar surface area (TPSA) is 88.3 Å². The molecule has 126 valence electrons. The fourth-order valence-electron chi connectivity index (χ4n) is 3.10. The lowest BCUT2D eigenvalue weighted by molar-refractivity contribution is -0.143. The first kappa shape index (κ1) is 16.2. The van der Waals surface area contributed by atoms with Crippen LogP contribution in [-0.2, 0) is 4.79 Å². The Bertz CT molecular complexity index is 784. The first-order valence-electron chi connectivity index (χ1n) is 8.02. The summed E-state index contributed by atoms with van der Waals surface area (Å²) in [4.78, 5) is 25.6. The number of likely N-dealkylation sites (tertiary alicyclic amines) is 1. The number of carboxylic acids is 1. The van der Waals surface area contributed by atoms with Crippen molar-refractivity contribution in [2.24, 2.45) is 0 Å². The predicted octanol–water partition coefficient (Wildman–Crippen LogP) is 1.96. The highest BCUT2D eigenvalue weighted by Crippen LogP contribution is 2.21. The van der Waals surface area contributed by atoms with Gasteiger partial charge in [-0.2, -0.15) is 0 Å². The number of nitrogens with zero attached hydrogens (tertiary/aromatic N) is 4. The molecule has 1 aromatic carbocycles. The number of aliphatic carboxylic acids is 1. The number of amides is 1. The van der Waals surface area contributed by atoms with Crippen molar-refractivity contribution in [1.82, 2.24) is 19.9 Å². The van der Waals surface area contributed by atoms with Gasteiger partial charge < -0.3 is 10.0 Å². The van der Waals surface area contributed by atoms with Crippen LogP contribution in [0.3, 0.4) is 0 Å². The molecular formula is C17H20N4O3. The van der Waals surface area contributed by atoms with Crippen LogP contribution < -0.4 is 0 Å². The summed E-state index contributed by atoms with van der Waals surface area (Å²) in [5.41, 5.74) is 2.73. The maximum absolute atomic E-state index is 12.8. The van der Waals surface area contributed by atoms with Crippen molar-refractivity contribution in [3.8, 4) is 5.69 Å². The summed E-state index contributed by atoms with van der Waals surface area (Å²) in [6.07, 6.45) is 2.10. The van der Waals surface area contributed by atoms with E-state index in [4.69, 9.17) is 0 Å². The van der Waals surface area contributed by atoms with Crippen molar-refractivity contribution in [2.45, 2.75) is 39.2 Å². The van der Waals surface area contributed by atoms with E-state index in [1.807, 2.05) is 31.2 Å². The molecule has 1 saturated heterocycles. The van der Waals surface area contributed by atoms with Crippen LogP contribution >= 0.6 is 0 Å². The van der Waals surface area contributed by atoms with Crippen molar-refractivity contribution in [1.29, 1.82) is 0 Å². The van der Waals surface area contributed by atoms with Crippen molar-refractivity contribution in [3.05, 3.63) is 41.2 Å². The lowest BCUT2D eigenvalue weighted by Crippen LogP contribution is -2.48. The number of piperidine rings is 1. The minimum Gasteiger partial charge on any atom is -0.480 e. The van der Waals surface area contributed by atoms with Crippen LogP contribution in [0.2, 0.25) is 0 Å². The molecule has 7 nitrogen and oxygen atoms in total. The molecular weight excluding hydrogens is 308 g/mol. The van der Waals surface area contributed by atoms with Gasteiger partial charge >= 0.3 is 5.97 Å². The second kappa shape index (κ2) is 6.43. The summed E-state index contributed by atoms with van der Waals surface area (Å²) < 4.78 is 1.61. The highest BCUT2D eigenvalue weighted by Gasteiger charge is 2.34. The highest BCUT2D eigenvalue weighted by molar-refractivity contribution is 5.96. The molecule has 0 bridgehead atoms. The third kappa shape index (κ3) is 2.89. The number of carbonyl (C=O) groups excluding carboxylic acids is 1. The molecule has 3 rings (SSSR count). The summed E-state index contributed by atoms with van der Waals surface area (Å²) >= 11 is 0. The SMILES string of the molecule is Cc1cccc(-n2nnc(C(=O)N3CCCC[C@@H]3C(=O)O)c2C)c1. The van der Waals surface area contributed by atoms with E-state index in [9.17, 15) is 14.7 Å². The van der Waals surface area contributed by atoms with E-state index in [1.165, 1.54) is 4.90 Å². The number of aryl methyl sites for hydroxylation is 1. The molecule has 1 aromatic heterocycles. The van der Waals surface area contributed by atoms with Crippen LogP contribution in [0.15, 0.2) is 24.3 Å². The van der Waals surface area contributed by atoms with Gasteiger partial charge in [-0.05, 0) is 50.8 Å². The zero-order chi connectivity index (χ0) is 17.3. The molecule has 1 amide bonds. The number of carbonyl (C=O) groups is 2.